The Kier molecular flexibility index (Phi) is 43.6. The van der Waals surface area contributed by atoms with Gasteiger partial charge in [0.1, 0.15) is 6.10 Å². The highest BCUT2D eigenvalue weighted by molar-refractivity contribution is 5.80. The molecule has 0 fully saturated rings. The number of aliphatic hydroxyl groups is 3. The summed E-state index contributed by atoms with van der Waals surface area (Å²) >= 11 is 0. The standard InChI is InChI=1S/C49H95NO4/c1-3-5-7-9-11-13-15-17-19-21-22-23-24-25-26-28-29-31-33-35-37-39-41-43-47(52)46(45-51)50-49(54)48(53)44-42-40-38-36-34-32-30-27-20-18-16-14-12-10-8-6-4-2/h30,32,41,43,46-48,51-53H,3-29,31,33-40,42,44-45H2,1-2H3,(H,50,54)/b32-30-,43-41+. The van der Waals surface area contributed by atoms with E-state index in [4.69, 9.17) is 0 Å². The predicted molar refractivity (Wildman–Crippen MR) is 236 cm³/mol. The Hall–Kier alpha value is -1.17. The highest BCUT2D eigenvalue weighted by Gasteiger charge is 2.22. The van der Waals surface area contributed by atoms with Crippen LogP contribution in [-0.2, 0) is 4.79 Å². The molecule has 5 heteroatoms. The maximum Gasteiger partial charge on any atom is 0.249 e. The summed E-state index contributed by atoms with van der Waals surface area (Å²) in [5.41, 5.74) is 0. The Morgan fingerprint density at radius 1 is 0.444 bits per heavy atom. The van der Waals surface area contributed by atoms with E-state index in [-0.39, 0.29) is 6.61 Å². The van der Waals surface area contributed by atoms with Gasteiger partial charge in [0.2, 0.25) is 5.91 Å². The summed E-state index contributed by atoms with van der Waals surface area (Å²) in [6.45, 7) is 4.20. The van der Waals surface area contributed by atoms with E-state index in [0.717, 1.165) is 44.9 Å². The van der Waals surface area contributed by atoms with Gasteiger partial charge >= 0.3 is 0 Å². The molecule has 0 aliphatic carbocycles. The first-order valence-corrected chi connectivity index (χ1v) is 24.2. The first kappa shape index (κ1) is 52.8. The van der Waals surface area contributed by atoms with Crippen LogP contribution in [0.5, 0.6) is 0 Å². The zero-order chi connectivity index (χ0) is 39.4. The van der Waals surface area contributed by atoms with Gasteiger partial charge < -0.3 is 20.6 Å². The van der Waals surface area contributed by atoms with Crippen molar-refractivity contribution in [2.24, 2.45) is 0 Å². The van der Waals surface area contributed by atoms with E-state index in [1.54, 1.807) is 6.08 Å². The Labute approximate surface area is 337 Å². The van der Waals surface area contributed by atoms with Crippen molar-refractivity contribution in [1.29, 1.82) is 0 Å². The van der Waals surface area contributed by atoms with Crippen LogP contribution in [0.2, 0.25) is 0 Å². The summed E-state index contributed by atoms with van der Waals surface area (Å²) in [5, 5.41) is 33.2. The number of hydrogen-bond donors (Lipinski definition) is 4. The molecule has 320 valence electrons. The number of aliphatic hydroxyl groups excluding tert-OH is 3. The van der Waals surface area contributed by atoms with E-state index in [2.05, 4.69) is 31.3 Å². The van der Waals surface area contributed by atoms with Crippen molar-refractivity contribution in [1.82, 2.24) is 5.32 Å². The molecule has 0 heterocycles. The van der Waals surface area contributed by atoms with Crippen LogP contribution in [0.4, 0.5) is 0 Å². The lowest BCUT2D eigenvalue weighted by atomic mass is 10.0. The fraction of sp³-hybridized carbons (Fsp3) is 0.898. The number of nitrogens with one attached hydrogen (secondary N) is 1. The Balaban J connectivity index is 3.63. The summed E-state index contributed by atoms with van der Waals surface area (Å²) in [6.07, 6.45) is 55.1. The van der Waals surface area contributed by atoms with Gasteiger partial charge in [-0.2, -0.15) is 0 Å². The van der Waals surface area contributed by atoms with E-state index >= 15 is 0 Å². The van der Waals surface area contributed by atoms with Crippen LogP contribution in [0, 0.1) is 0 Å². The van der Waals surface area contributed by atoms with E-state index in [1.807, 2.05) is 6.08 Å². The lowest BCUT2D eigenvalue weighted by molar-refractivity contribution is -0.131. The van der Waals surface area contributed by atoms with Crippen molar-refractivity contribution in [3.63, 3.8) is 0 Å². The van der Waals surface area contributed by atoms with Crippen LogP contribution >= 0.6 is 0 Å². The monoisotopic (exact) mass is 762 g/mol. The molecule has 0 saturated heterocycles. The third-order valence-corrected chi connectivity index (χ3v) is 11.3. The van der Waals surface area contributed by atoms with Crippen LogP contribution in [0.25, 0.3) is 0 Å². The summed E-state index contributed by atoms with van der Waals surface area (Å²) in [7, 11) is 0. The molecule has 4 N–H and O–H groups in total. The van der Waals surface area contributed by atoms with Gasteiger partial charge in [0, 0.05) is 0 Å². The van der Waals surface area contributed by atoms with E-state index in [9.17, 15) is 20.1 Å². The van der Waals surface area contributed by atoms with Crippen LogP contribution in [0.15, 0.2) is 24.3 Å². The maximum atomic E-state index is 12.5. The van der Waals surface area contributed by atoms with Gasteiger partial charge in [-0.15, -0.1) is 0 Å². The summed E-state index contributed by atoms with van der Waals surface area (Å²) < 4.78 is 0. The third-order valence-electron chi connectivity index (χ3n) is 11.3. The minimum absolute atomic E-state index is 0.365. The molecule has 3 unspecified atom stereocenters. The first-order chi connectivity index (χ1) is 26.6. The average molecular weight is 762 g/mol. The molecule has 5 nitrogen and oxygen atoms in total. The van der Waals surface area contributed by atoms with Gasteiger partial charge in [-0.1, -0.05) is 237 Å². The fourth-order valence-electron chi connectivity index (χ4n) is 7.47. The molecule has 0 radical (unpaired) electrons. The number of amides is 1. The topological polar surface area (TPSA) is 89.8 Å². The number of carbonyl (C=O) groups is 1. The number of allylic oxidation sites excluding steroid dienone is 3. The highest BCUT2D eigenvalue weighted by Crippen LogP contribution is 2.16. The zero-order valence-corrected chi connectivity index (χ0v) is 36.4. The van der Waals surface area contributed by atoms with Gasteiger partial charge in [-0.3, -0.25) is 4.79 Å². The number of rotatable bonds is 44. The van der Waals surface area contributed by atoms with Crippen LogP contribution < -0.4 is 5.32 Å². The van der Waals surface area contributed by atoms with E-state index < -0.39 is 24.2 Å². The Morgan fingerprint density at radius 2 is 0.741 bits per heavy atom. The van der Waals surface area contributed by atoms with Crippen molar-refractivity contribution >= 4 is 5.91 Å². The molecule has 0 aromatic heterocycles. The van der Waals surface area contributed by atoms with Crippen molar-refractivity contribution in [3.8, 4) is 0 Å². The summed E-state index contributed by atoms with van der Waals surface area (Å²) in [4.78, 5) is 12.5. The van der Waals surface area contributed by atoms with Crippen LogP contribution in [-0.4, -0.2) is 46.1 Å². The molecule has 0 rings (SSSR count). The number of unbranched alkanes of at least 4 members (excludes halogenated alkanes) is 34. The number of carbonyl (C=O) groups excluding carboxylic acids is 1. The van der Waals surface area contributed by atoms with Crippen molar-refractivity contribution in [2.75, 3.05) is 6.61 Å². The highest BCUT2D eigenvalue weighted by atomic mass is 16.3. The maximum absolute atomic E-state index is 12.5. The second-order valence-corrected chi connectivity index (χ2v) is 16.7. The SMILES string of the molecule is CCCCCCCCCCC/C=C\CCCCCCC(O)C(=O)NC(CO)C(O)/C=C/CCCCCCCCCCCCCCCCCCCCCCC. The lowest BCUT2D eigenvalue weighted by Crippen LogP contribution is -2.48. The molecule has 0 aliphatic rings. The molecule has 0 saturated carbocycles. The molecular weight excluding hydrogens is 667 g/mol. The zero-order valence-electron chi connectivity index (χ0n) is 36.4. The smallest absolute Gasteiger partial charge is 0.249 e. The fourth-order valence-corrected chi connectivity index (χ4v) is 7.47. The van der Waals surface area contributed by atoms with Gasteiger partial charge in [0.15, 0.2) is 0 Å². The normalized spacial score (nSPS) is 13.6. The molecule has 0 aromatic carbocycles. The largest absolute Gasteiger partial charge is 0.394 e. The molecule has 1 amide bonds. The predicted octanol–water partition coefficient (Wildman–Crippen LogP) is 14.2. The molecule has 0 bridgehead atoms. The summed E-state index contributed by atoms with van der Waals surface area (Å²) in [5.74, 6) is -0.509. The summed E-state index contributed by atoms with van der Waals surface area (Å²) in [6, 6.07) is -0.801. The Bertz CT molecular complexity index is 799. The van der Waals surface area contributed by atoms with Crippen LogP contribution in [0.3, 0.4) is 0 Å². The van der Waals surface area contributed by atoms with E-state index in [1.165, 1.54) is 193 Å². The van der Waals surface area contributed by atoms with Crippen molar-refractivity contribution in [2.45, 2.75) is 276 Å². The molecule has 0 aliphatic heterocycles. The quantitative estimate of drug-likeness (QED) is 0.0368. The van der Waals surface area contributed by atoms with Gasteiger partial charge in [-0.05, 0) is 44.9 Å². The second-order valence-electron chi connectivity index (χ2n) is 16.7. The lowest BCUT2D eigenvalue weighted by Gasteiger charge is -2.21. The van der Waals surface area contributed by atoms with Gasteiger partial charge in [0.05, 0.1) is 18.8 Å². The first-order valence-electron chi connectivity index (χ1n) is 24.2. The van der Waals surface area contributed by atoms with Crippen molar-refractivity contribution < 1.29 is 20.1 Å². The second kappa shape index (κ2) is 44.5. The number of hydrogen-bond acceptors (Lipinski definition) is 4. The minimum Gasteiger partial charge on any atom is -0.394 e. The van der Waals surface area contributed by atoms with Gasteiger partial charge in [0.25, 0.3) is 0 Å². The molecular formula is C49H95NO4. The van der Waals surface area contributed by atoms with Gasteiger partial charge in [-0.25, -0.2) is 0 Å². The molecule has 0 spiro atoms. The molecule has 3 atom stereocenters. The average Bonchev–Trinajstić information content (AvgIpc) is 3.18. The minimum atomic E-state index is -1.11. The van der Waals surface area contributed by atoms with Crippen LogP contribution in [0.1, 0.15) is 258 Å². The molecule has 0 aromatic rings. The Morgan fingerprint density at radius 3 is 1.07 bits per heavy atom. The van der Waals surface area contributed by atoms with E-state index in [0.29, 0.717) is 6.42 Å². The third kappa shape index (κ3) is 39.1. The molecule has 54 heavy (non-hydrogen) atoms. The van der Waals surface area contributed by atoms with Crippen molar-refractivity contribution in [3.05, 3.63) is 24.3 Å².